The van der Waals surface area contributed by atoms with E-state index in [-0.39, 0.29) is 11.4 Å². The van der Waals surface area contributed by atoms with E-state index in [0.717, 1.165) is 4.31 Å². The molecule has 0 N–H and O–H groups in total. The first-order valence-electron chi connectivity index (χ1n) is 6.46. The Morgan fingerprint density at radius 3 is 2.57 bits per heavy atom. The third kappa shape index (κ3) is 2.62. The predicted octanol–water partition coefficient (Wildman–Crippen LogP) is 1.89. The fraction of sp³-hybridized carbons (Fsp3) is 0.462. The minimum absolute atomic E-state index is 0.213. The van der Waals surface area contributed by atoms with Crippen molar-refractivity contribution >= 4 is 15.7 Å². The maximum absolute atomic E-state index is 12.7. The molecule has 1 aliphatic heterocycles. The van der Waals surface area contributed by atoms with E-state index in [4.69, 9.17) is 5.26 Å². The second-order valence-corrected chi connectivity index (χ2v) is 6.92. The van der Waals surface area contributed by atoms with E-state index in [1.165, 1.54) is 12.1 Å². The van der Waals surface area contributed by atoms with E-state index in [1.807, 2.05) is 6.07 Å². The molecule has 2 rings (SSSR count). The average molecular weight is 309 g/mol. The van der Waals surface area contributed by atoms with Gasteiger partial charge in [0.15, 0.2) is 4.90 Å². The summed E-state index contributed by atoms with van der Waals surface area (Å²) in [6.45, 7) is 3.60. The van der Waals surface area contributed by atoms with Gasteiger partial charge >= 0.3 is 0 Å². The van der Waals surface area contributed by atoms with Gasteiger partial charge in [-0.15, -0.1) is 0 Å². The molecule has 1 unspecified atom stereocenters. The quantitative estimate of drug-likeness (QED) is 0.626. The molecular formula is C13H15N3O4S. The molecule has 7 nitrogen and oxygen atoms in total. The molecule has 0 radical (unpaired) electrons. The highest BCUT2D eigenvalue weighted by Gasteiger charge is 2.39. The van der Waals surface area contributed by atoms with Crippen LogP contribution in [-0.4, -0.2) is 30.2 Å². The summed E-state index contributed by atoms with van der Waals surface area (Å²) in [5, 5.41) is 20.2. The lowest BCUT2D eigenvalue weighted by molar-refractivity contribution is -0.387. The van der Waals surface area contributed by atoms with Gasteiger partial charge in [0.2, 0.25) is 0 Å². The standard InChI is InChI=1S/C13H15N3O4S/c1-9-6-12(16(17)18)13(7-10(9)2)21(19,20)15-5-3-4-11(15)8-14/h6-7,11H,3-5H2,1-2H3. The molecule has 8 heteroatoms. The van der Waals surface area contributed by atoms with Gasteiger partial charge in [-0.2, -0.15) is 9.57 Å². The minimum Gasteiger partial charge on any atom is -0.258 e. The van der Waals surface area contributed by atoms with Crippen molar-refractivity contribution in [2.24, 2.45) is 0 Å². The lowest BCUT2D eigenvalue weighted by Gasteiger charge is -2.19. The topological polar surface area (TPSA) is 104 Å². The zero-order valence-electron chi connectivity index (χ0n) is 11.7. The monoisotopic (exact) mass is 309 g/mol. The third-order valence-corrected chi connectivity index (χ3v) is 5.65. The molecule has 0 aromatic heterocycles. The van der Waals surface area contributed by atoms with Gasteiger partial charge in [0.05, 0.1) is 11.0 Å². The number of rotatable bonds is 3. The molecule has 0 spiro atoms. The fourth-order valence-corrected chi connectivity index (χ4v) is 4.24. The number of nitriles is 1. The highest BCUT2D eigenvalue weighted by Crippen LogP contribution is 2.33. The molecule has 1 atom stereocenters. The van der Waals surface area contributed by atoms with Crippen LogP contribution < -0.4 is 0 Å². The summed E-state index contributed by atoms with van der Waals surface area (Å²) in [4.78, 5) is 10.1. The van der Waals surface area contributed by atoms with Crippen LogP contribution in [0.5, 0.6) is 0 Å². The SMILES string of the molecule is Cc1cc([N+](=O)[O-])c(S(=O)(=O)N2CCCC2C#N)cc1C. The average Bonchev–Trinajstić information content (AvgIpc) is 2.90. The molecule has 1 aromatic carbocycles. The molecule has 1 heterocycles. The largest absolute Gasteiger partial charge is 0.289 e. The summed E-state index contributed by atoms with van der Waals surface area (Å²) in [6, 6.07) is 3.77. The Morgan fingerprint density at radius 2 is 2.00 bits per heavy atom. The first kappa shape index (κ1) is 15.4. The van der Waals surface area contributed by atoms with Crippen molar-refractivity contribution in [2.45, 2.75) is 37.6 Å². The molecule has 1 aliphatic rings. The maximum atomic E-state index is 12.7. The van der Waals surface area contributed by atoms with Crippen molar-refractivity contribution in [1.29, 1.82) is 5.26 Å². The second kappa shape index (κ2) is 5.42. The van der Waals surface area contributed by atoms with E-state index < -0.39 is 26.7 Å². The van der Waals surface area contributed by atoms with Crippen molar-refractivity contribution in [3.8, 4) is 6.07 Å². The maximum Gasteiger partial charge on any atom is 0.289 e. The first-order valence-corrected chi connectivity index (χ1v) is 7.90. The van der Waals surface area contributed by atoms with Crippen molar-refractivity contribution in [2.75, 3.05) is 6.54 Å². The number of sulfonamides is 1. The summed E-state index contributed by atoms with van der Waals surface area (Å²) in [5.74, 6) is 0. The van der Waals surface area contributed by atoms with E-state index >= 15 is 0 Å². The van der Waals surface area contributed by atoms with E-state index in [1.54, 1.807) is 13.8 Å². The molecule has 0 saturated carbocycles. The molecule has 21 heavy (non-hydrogen) atoms. The first-order chi connectivity index (χ1) is 9.78. The van der Waals surface area contributed by atoms with Crippen LogP contribution >= 0.6 is 0 Å². The van der Waals surface area contributed by atoms with Crippen molar-refractivity contribution in [3.63, 3.8) is 0 Å². The smallest absolute Gasteiger partial charge is 0.258 e. The van der Waals surface area contributed by atoms with Crippen molar-refractivity contribution < 1.29 is 13.3 Å². The number of hydrogen-bond donors (Lipinski definition) is 0. The minimum atomic E-state index is -4.05. The van der Waals surface area contributed by atoms with Crippen LogP contribution in [0.2, 0.25) is 0 Å². The zero-order chi connectivity index (χ0) is 15.8. The molecule has 112 valence electrons. The van der Waals surface area contributed by atoms with Gasteiger partial charge in [0, 0.05) is 12.6 Å². The van der Waals surface area contributed by atoms with Gasteiger partial charge in [0.25, 0.3) is 15.7 Å². The summed E-state index contributed by atoms with van der Waals surface area (Å²) in [5.41, 5.74) is 0.868. The van der Waals surface area contributed by atoms with Crippen LogP contribution in [-0.2, 0) is 10.0 Å². The second-order valence-electron chi connectivity index (χ2n) is 5.06. The number of nitrogens with zero attached hydrogens (tertiary/aromatic N) is 3. The summed E-state index contributed by atoms with van der Waals surface area (Å²) in [7, 11) is -4.05. The van der Waals surface area contributed by atoms with Crippen LogP contribution in [0.1, 0.15) is 24.0 Å². The Balaban J connectivity index is 2.62. The van der Waals surface area contributed by atoms with Gasteiger partial charge in [0.1, 0.15) is 6.04 Å². The Bertz CT molecular complexity index is 737. The summed E-state index contributed by atoms with van der Waals surface area (Å²) < 4.78 is 26.4. The van der Waals surface area contributed by atoms with Crippen molar-refractivity contribution in [1.82, 2.24) is 4.31 Å². The zero-order valence-corrected chi connectivity index (χ0v) is 12.6. The Labute approximate surface area is 123 Å². The number of nitro benzene ring substituents is 1. The molecule has 0 amide bonds. The fourth-order valence-electron chi connectivity index (χ4n) is 2.41. The highest BCUT2D eigenvalue weighted by molar-refractivity contribution is 7.89. The predicted molar refractivity (Wildman–Crippen MR) is 75.1 cm³/mol. The lowest BCUT2D eigenvalue weighted by Crippen LogP contribution is -2.35. The van der Waals surface area contributed by atoms with Gasteiger partial charge in [-0.3, -0.25) is 10.1 Å². The number of benzene rings is 1. The Morgan fingerprint density at radius 1 is 1.38 bits per heavy atom. The number of hydrogen-bond acceptors (Lipinski definition) is 5. The van der Waals surface area contributed by atoms with Gasteiger partial charge < -0.3 is 0 Å². The van der Waals surface area contributed by atoms with Crippen molar-refractivity contribution in [3.05, 3.63) is 33.4 Å². The Hall–Kier alpha value is -1.98. The molecule has 1 saturated heterocycles. The van der Waals surface area contributed by atoms with Gasteiger partial charge in [-0.1, -0.05) is 0 Å². The highest BCUT2D eigenvalue weighted by atomic mass is 32.2. The third-order valence-electron chi connectivity index (χ3n) is 3.71. The van der Waals surface area contributed by atoms with E-state index in [0.29, 0.717) is 24.0 Å². The van der Waals surface area contributed by atoms with E-state index in [9.17, 15) is 18.5 Å². The number of aryl methyl sites for hydroxylation is 2. The van der Waals surface area contributed by atoms with Crippen LogP contribution in [0, 0.1) is 35.3 Å². The Kier molecular flexibility index (Phi) is 3.98. The molecule has 0 bridgehead atoms. The number of nitro groups is 1. The molecule has 0 aliphatic carbocycles. The summed E-state index contributed by atoms with van der Waals surface area (Å²) in [6.07, 6.45) is 1.03. The molecule has 1 aromatic rings. The molecule has 1 fully saturated rings. The van der Waals surface area contributed by atoms with Crippen LogP contribution in [0.15, 0.2) is 17.0 Å². The lowest BCUT2D eigenvalue weighted by atomic mass is 10.1. The van der Waals surface area contributed by atoms with E-state index in [2.05, 4.69) is 0 Å². The normalized spacial score (nSPS) is 19.4. The van der Waals surface area contributed by atoms with Crippen LogP contribution in [0.3, 0.4) is 0 Å². The van der Waals surface area contributed by atoms with Crippen LogP contribution in [0.4, 0.5) is 5.69 Å². The summed E-state index contributed by atoms with van der Waals surface area (Å²) >= 11 is 0. The molecular weight excluding hydrogens is 294 g/mol. The van der Waals surface area contributed by atoms with Crippen LogP contribution in [0.25, 0.3) is 0 Å². The van der Waals surface area contributed by atoms with Gasteiger partial charge in [-0.05, 0) is 43.9 Å². The van der Waals surface area contributed by atoms with Gasteiger partial charge in [-0.25, -0.2) is 8.42 Å².